The minimum atomic E-state index is 0.0924. The standard InChI is InChI=1S/C24H33N3O3/c1-30-22-9-5-4-8-21(22)25-14-16-26(17-15-25)23(28)10-11-24(29)27-13-12-19-6-2-3-7-20(19)18-27/h4-5,7-9,19H,2-3,6,10-18H2,1H3. The molecule has 1 aliphatic carbocycles. The van der Waals surface area contributed by atoms with Crippen molar-refractivity contribution < 1.29 is 14.3 Å². The third-order valence-electron chi connectivity index (χ3n) is 6.77. The first-order chi connectivity index (χ1) is 14.7. The smallest absolute Gasteiger partial charge is 0.223 e. The number of benzene rings is 1. The predicted molar refractivity (Wildman–Crippen MR) is 118 cm³/mol. The van der Waals surface area contributed by atoms with Crippen LogP contribution in [0.15, 0.2) is 35.9 Å². The highest BCUT2D eigenvalue weighted by Gasteiger charge is 2.29. The molecule has 2 aliphatic heterocycles. The quantitative estimate of drug-likeness (QED) is 0.699. The Balaban J connectivity index is 1.23. The molecular weight excluding hydrogens is 378 g/mol. The number of piperazine rings is 1. The number of anilines is 1. The number of allylic oxidation sites excluding steroid dienone is 1. The summed E-state index contributed by atoms with van der Waals surface area (Å²) >= 11 is 0. The van der Waals surface area contributed by atoms with Crippen molar-refractivity contribution in [2.75, 3.05) is 51.3 Å². The van der Waals surface area contributed by atoms with Crippen molar-refractivity contribution in [1.82, 2.24) is 9.80 Å². The fraction of sp³-hybridized carbons (Fsp3) is 0.583. The van der Waals surface area contributed by atoms with E-state index in [1.165, 1.54) is 18.4 Å². The number of amides is 2. The van der Waals surface area contributed by atoms with E-state index in [0.717, 1.165) is 50.5 Å². The highest BCUT2D eigenvalue weighted by Crippen LogP contribution is 2.32. The van der Waals surface area contributed by atoms with Crippen LogP contribution in [0.4, 0.5) is 5.69 Å². The molecule has 1 aromatic carbocycles. The van der Waals surface area contributed by atoms with Crippen molar-refractivity contribution in [1.29, 1.82) is 0 Å². The topological polar surface area (TPSA) is 53.1 Å². The number of carbonyl (C=O) groups excluding carboxylic acids is 2. The Kier molecular flexibility index (Phi) is 6.60. The number of fused-ring (bicyclic) bond motifs is 1. The summed E-state index contributed by atoms with van der Waals surface area (Å²) in [5.74, 6) is 1.76. The number of rotatable bonds is 5. The number of piperidine rings is 1. The third kappa shape index (κ3) is 4.63. The summed E-state index contributed by atoms with van der Waals surface area (Å²) in [6.07, 6.45) is 7.74. The van der Waals surface area contributed by atoms with E-state index in [9.17, 15) is 9.59 Å². The maximum atomic E-state index is 12.7. The molecule has 1 unspecified atom stereocenters. The van der Waals surface area contributed by atoms with Crippen LogP contribution in [-0.2, 0) is 9.59 Å². The minimum absolute atomic E-state index is 0.0924. The number of carbonyl (C=O) groups is 2. The summed E-state index contributed by atoms with van der Waals surface area (Å²) in [4.78, 5) is 31.5. The molecule has 0 saturated carbocycles. The predicted octanol–water partition coefficient (Wildman–Crippen LogP) is 3.08. The Bertz CT molecular complexity index is 799. The molecule has 0 spiro atoms. The molecule has 0 bridgehead atoms. The highest BCUT2D eigenvalue weighted by molar-refractivity contribution is 5.84. The van der Waals surface area contributed by atoms with Gasteiger partial charge in [-0.1, -0.05) is 23.8 Å². The van der Waals surface area contributed by atoms with Crippen LogP contribution in [0.3, 0.4) is 0 Å². The summed E-state index contributed by atoms with van der Waals surface area (Å²) in [7, 11) is 1.68. The van der Waals surface area contributed by atoms with Crippen LogP contribution in [0.25, 0.3) is 0 Å². The number of hydrogen-bond donors (Lipinski definition) is 0. The first kappa shape index (κ1) is 20.8. The second-order valence-electron chi connectivity index (χ2n) is 8.55. The number of hydrogen-bond acceptors (Lipinski definition) is 4. The van der Waals surface area contributed by atoms with Gasteiger partial charge in [-0.05, 0) is 43.7 Å². The zero-order valence-electron chi connectivity index (χ0n) is 18.0. The maximum Gasteiger partial charge on any atom is 0.223 e. The average molecular weight is 412 g/mol. The summed E-state index contributed by atoms with van der Waals surface area (Å²) in [6, 6.07) is 7.99. The van der Waals surface area contributed by atoms with Gasteiger partial charge in [0.25, 0.3) is 0 Å². The summed E-state index contributed by atoms with van der Waals surface area (Å²) in [5.41, 5.74) is 2.52. The average Bonchev–Trinajstić information content (AvgIpc) is 2.82. The lowest BCUT2D eigenvalue weighted by Gasteiger charge is -2.37. The molecule has 2 amide bonds. The molecule has 2 heterocycles. The molecule has 0 radical (unpaired) electrons. The van der Waals surface area contributed by atoms with Gasteiger partial charge in [0.2, 0.25) is 11.8 Å². The van der Waals surface area contributed by atoms with Gasteiger partial charge >= 0.3 is 0 Å². The van der Waals surface area contributed by atoms with Crippen LogP contribution in [-0.4, -0.2) is 68.0 Å². The normalized spacial score (nSPS) is 21.7. The van der Waals surface area contributed by atoms with Gasteiger partial charge in [0.1, 0.15) is 5.75 Å². The summed E-state index contributed by atoms with van der Waals surface area (Å²) < 4.78 is 5.46. The van der Waals surface area contributed by atoms with E-state index in [2.05, 4.69) is 17.0 Å². The van der Waals surface area contributed by atoms with Crippen LogP contribution in [0.1, 0.15) is 38.5 Å². The van der Waals surface area contributed by atoms with Crippen molar-refractivity contribution >= 4 is 17.5 Å². The monoisotopic (exact) mass is 411 g/mol. The Morgan fingerprint density at radius 3 is 2.47 bits per heavy atom. The molecule has 3 aliphatic rings. The Labute approximate surface area is 179 Å². The molecule has 1 aromatic rings. The van der Waals surface area contributed by atoms with Crippen LogP contribution in [0, 0.1) is 5.92 Å². The van der Waals surface area contributed by atoms with Gasteiger partial charge in [-0.2, -0.15) is 0 Å². The third-order valence-corrected chi connectivity index (χ3v) is 6.77. The molecule has 2 fully saturated rings. The molecular formula is C24H33N3O3. The largest absolute Gasteiger partial charge is 0.495 e. The molecule has 0 N–H and O–H groups in total. The van der Waals surface area contributed by atoms with Crippen LogP contribution >= 0.6 is 0 Å². The van der Waals surface area contributed by atoms with Gasteiger partial charge in [-0.25, -0.2) is 0 Å². The zero-order chi connectivity index (χ0) is 20.9. The maximum absolute atomic E-state index is 12.7. The molecule has 6 heteroatoms. The lowest BCUT2D eigenvalue weighted by molar-refractivity contribution is -0.137. The Morgan fingerprint density at radius 1 is 0.967 bits per heavy atom. The molecule has 4 rings (SSSR count). The Morgan fingerprint density at radius 2 is 1.70 bits per heavy atom. The summed E-state index contributed by atoms with van der Waals surface area (Å²) in [6.45, 7) is 4.54. The number of para-hydroxylation sites is 2. The summed E-state index contributed by atoms with van der Waals surface area (Å²) in [5, 5.41) is 0. The molecule has 1 atom stereocenters. The van der Waals surface area contributed by atoms with Crippen molar-refractivity contribution in [3.63, 3.8) is 0 Å². The van der Waals surface area contributed by atoms with Crippen molar-refractivity contribution in [2.45, 2.75) is 38.5 Å². The second-order valence-corrected chi connectivity index (χ2v) is 8.55. The van der Waals surface area contributed by atoms with Crippen molar-refractivity contribution in [3.05, 3.63) is 35.9 Å². The molecule has 30 heavy (non-hydrogen) atoms. The number of ether oxygens (including phenoxy) is 1. The van der Waals surface area contributed by atoms with E-state index >= 15 is 0 Å². The fourth-order valence-corrected chi connectivity index (χ4v) is 4.97. The minimum Gasteiger partial charge on any atom is -0.495 e. The lowest BCUT2D eigenvalue weighted by atomic mass is 9.82. The van der Waals surface area contributed by atoms with Gasteiger partial charge in [-0.15, -0.1) is 0 Å². The number of nitrogens with zero attached hydrogens (tertiary/aromatic N) is 3. The Hall–Kier alpha value is -2.50. The van der Waals surface area contributed by atoms with Gasteiger partial charge < -0.3 is 19.4 Å². The molecule has 2 saturated heterocycles. The first-order valence-electron chi connectivity index (χ1n) is 11.3. The lowest BCUT2D eigenvalue weighted by Crippen LogP contribution is -2.49. The molecule has 162 valence electrons. The molecule has 6 nitrogen and oxygen atoms in total. The number of methoxy groups -OCH3 is 1. The SMILES string of the molecule is COc1ccccc1N1CCN(C(=O)CCC(=O)N2CCC3CCCC=C3C2)CC1. The van der Waals surface area contributed by atoms with Crippen molar-refractivity contribution in [3.8, 4) is 5.75 Å². The van der Waals surface area contributed by atoms with E-state index in [0.29, 0.717) is 31.8 Å². The van der Waals surface area contributed by atoms with Crippen molar-refractivity contribution in [2.24, 2.45) is 5.92 Å². The van der Waals surface area contributed by atoms with E-state index in [1.807, 2.05) is 28.0 Å². The van der Waals surface area contributed by atoms with E-state index in [4.69, 9.17) is 4.74 Å². The second kappa shape index (κ2) is 9.54. The van der Waals surface area contributed by atoms with Gasteiger partial charge in [0.15, 0.2) is 0 Å². The first-order valence-corrected chi connectivity index (χ1v) is 11.3. The van der Waals surface area contributed by atoms with E-state index in [-0.39, 0.29) is 11.8 Å². The fourth-order valence-electron chi connectivity index (χ4n) is 4.97. The van der Waals surface area contributed by atoms with Gasteiger partial charge in [0.05, 0.1) is 12.8 Å². The molecule has 0 aromatic heterocycles. The van der Waals surface area contributed by atoms with Gasteiger partial charge in [0, 0.05) is 52.1 Å². The van der Waals surface area contributed by atoms with Gasteiger partial charge in [-0.3, -0.25) is 9.59 Å². The van der Waals surface area contributed by atoms with Crippen LogP contribution in [0.2, 0.25) is 0 Å². The van der Waals surface area contributed by atoms with E-state index < -0.39 is 0 Å². The highest BCUT2D eigenvalue weighted by atomic mass is 16.5. The zero-order valence-corrected chi connectivity index (χ0v) is 18.0. The van der Waals surface area contributed by atoms with Crippen LogP contribution in [0.5, 0.6) is 5.75 Å². The van der Waals surface area contributed by atoms with Crippen LogP contribution < -0.4 is 9.64 Å². The van der Waals surface area contributed by atoms with E-state index in [1.54, 1.807) is 7.11 Å². The number of likely N-dealkylation sites (tertiary alicyclic amines) is 1.